The van der Waals surface area contributed by atoms with Gasteiger partial charge in [-0.2, -0.15) is 4.31 Å². The number of rotatable bonds is 4. The average molecular weight is 304 g/mol. The number of likely N-dealkylation sites (N-methyl/N-ethyl adjacent to an activating group) is 1. The molecule has 0 radical (unpaired) electrons. The summed E-state index contributed by atoms with van der Waals surface area (Å²) in [6, 6.07) is 5.24. The molecule has 1 aliphatic rings. The van der Waals surface area contributed by atoms with Crippen molar-refractivity contribution in [2.45, 2.75) is 15.8 Å². The first kappa shape index (κ1) is 14.4. The lowest BCUT2D eigenvalue weighted by Crippen LogP contribution is -2.57. The summed E-state index contributed by atoms with van der Waals surface area (Å²) in [6.07, 6.45) is 1.09. The lowest BCUT2D eigenvalue weighted by atomic mass is 10.2. The van der Waals surface area contributed by atoms with E-state index < -0.39 is 19.9 Å². The van der Waals surface area contributed by atoms with E-state index >= 15 is 0 Å². The van der Waals surface area contributed by atoms with Crippen LogP contribution >= 0.6 is 0 Å². The molecule has 6 nitrogen and oxygen atoms in total. The third-order valence-corrected chi connectivity index (χ3v) is 6.26. The molecule has 0 aromatic heterocycles. The molecule has 1 aromatic rings. The summed E-state index contributed by atoms with van der Waals surface area (Å²) < 4.78 is 48.5. The first-order valence-electron chi connectivity index (χ1n) is 5.72. The normalized spacial score (nSPS) is 17.4. The second kappa shape index (κ2) is 4.86. The maximum absolute atomic E-state index is 12.3. The highest BCUT2D eigenvalue weighted by Gasteiger charge is 2.31. The van der Waals surface area contributed by atoms with Gasteiger partial charge in [-0.05, 0) is 24.3 Å². The van der Waals surface area contributed by atoms with E-state index in [-0.39, 0.29) is 15.8 Å². The molecule has 106 valence electrons. The first-order chi connectivity index (χ1) is 8.73. The van der Waals surface area contributed by atoms with Crippen LogP contribution in [0.1, 0.15) is 0 Å². The van der Waals surface area contributed by atoms with Gasteiger partial charge in [0.2, 0.25) is 10.0 Å². The molecule has 0 bridgehead atoms. The van der Waals surface area contributed by atoms with Crippen molar-refractivity contribution >= 4 is 19.9 Å². The van der Waals surface area contributed by atoms with Crippen LogP contribution in [0.25, 0.3) is 0 Å². The van der Waals surface area contributed by atoms with E-state index in [1.54, 1.807) is 0 Å². The Balaban J connectivity index is 2.31. The predicted molar refractivity (Wildman–Crippen MR) is 71.2 cm³/mol. The zero-order chi connectivity index (χ0) is 14.3. The Labute approximate surface area is 113 Å². The highest BCUT2D eigenvalue weighted by atomic mass is 32.2. The van der Waals surface area contributed by atoms with Crippen molar-refractivity contribution in [3.05, 3.63) is 24.3 Å². The van der Waals surface area contributed by atoms with Crippen LogP contribution in [0.2, 0.25) is 0 Å². The largest absolute Gasteiger partial charge is 0.313 e. The standard InChI is InChI=1S/C11H16N2O4S2/c1-13(9-7-12-8-9)19(16,17)11-5-3-10(4-6-11)18(2,14)15/h3-6,9,12H,7-8H2,1-2H3. The van der Waals surface area contributed by atoms with Gasteiger partial charge in [-0.3, -0.25) is 0 Å². The lowest BCUT2D eigenvalue weighted by molar-refractivity contribution is 0.274. The van der Waals surface area contributed by atoms with Crippen molar-refractivity contribution in [2.75, 3.05) is 26.4 Å². The summed E-state index contributed by atoms with van der Waals surface area (Å²) in [6.45, 7) is 1.27. The second-order valence-electron chi connectivity index (χ2n) is 4.58. The Kier molecular flexibility index (Phi) is 3.69. The monoisotopic (exact) mass is 304 g/mol. The maximum atomic E-state index is 12.3. The summed E-state index contributed by atoms with van der Waals surface area (Å²) in [4.78, 5) is 0.216. The molecule has 0 amide bonds. The van der Waals surface area contributed by atoms with Crippen LogP contribution in [0.15, 0.2) is 34.1 Å². The molecule has 1 fully saturated rings. The molecule has 0 atom stereocenters. The number of hydrogen-bond acceptors (Lipinski definition) is 5. The number of sulfonamides is 1. The van der Waals surface area contributed by atoms with Gasteiger partial charge in [0.05, 0.1) is 9.79 Å². The fourth-order valence-electron chi connectivity index (χ4n) is 1.75. The smallest absolute Gasteiger partial charge is 0.243 e. The van der Waals surface area contributed by atoms with Crippen molar-refractivity contribution in [1.29, 1.82) is 0 Å². The van der Waals surface area contributed by atoms with Gasteiger partial charge in [-0.25, -0.2) is 16.8 Å². The van der Waals surface area contributed by atoms with Gasteiger partial charge < -0.3 is 5.32 Å². The molecule has 1 N–H and O–H groups in total. The van der Waals surface area contributed by atoms with E-state index in [0.29, 0.717) is 13.1 Å². The van der Waals surface area contributed by atoms with Crippen LogP contribution in [0, 0.1) is 0 Å². The van der Waals surface area contributed by atoms with Crippen molar-refractivity contribution in [1.82, 2.24) is 9.62 Å². The molecule has 0 spiro atoms. The number of benzene rings is 1. The Bertz CT molecular complexity index is 661. The fourth-order valence-corrected chi connectivity index (χ4v) is 3.74. The Hall–Kier alpha value is -0.960. The van der Waals surface area contributed by atoms with Crippen LogP contribution in [0.4, 0.5) is 0 Å². The van der Waals surface area contributed by atoms with Gasteiger partial charge in [0.25, 0.3) is 0 Å². The third kappa shape index (κ3) is 2.81. The molecular formula is C11H16N2O4S2. The molecule has 0 saturated carbocycles. The maximum Gasteiger partial charge on any atom is 0.243 e. The number of sulfone groups is 1. The topological polar surface area (TPSA) is 83.6 Å². The van der Waals surface area contributed by atoms with Crippen molar-refractivity contribution < 1.29 is 16.8 Å². The zero-order valence-corrected chi connectivity index (χ0v) is 12.3. The van der Waals surface area contributed by atoms with Gasteiger partial charge >= 0.3 is 0 Å². The Morgan fingerprint density at radius 3 is 1.89 bits per heavy atom. The lowest BCUT2D eigenvalue weighted by Gasteiger charge is -2.34. The van der Waals surface area contributed by atoms with E-state index in [4.69, 9.17) is 0 Å². The van der Waals surface area contributed by atoms with Crippen LogP contribution in [-0.4, -0.2) is 53.6 Å². The minimum absolute atomic E-state index is 0.0421. The van der Waals surface area contributed by atoms with Crippen molar-refractivity contribution in [3.8, 4) is 0 Å². The summed E-state index contributed by atoms with van der Waals surface area (Å²) in [5.74, 6) is 0. The first-order valence-corrected chi connectivity index (χ1v) is 9.05. The molecule has 0 unspecified atom stereocenters. The van der Waals surface area contributed by atoms with E-state index in [1.807, 2.05) is 0 Å². The molecule has 1 aliphatic heterocycles. The van der Waals surface area contributed by atoms with Gasteiger partial charge in [-0.1, -0.05) is 0 Å². The quantitative estimate of drug-likeness (QED) is 0.824. The molecule has 1 saturated heterocycles. The molecule has 19 heavy (non-hydrogen) atoms. The van der Waals surface area contributed by atoms with Crippen LogP contribution in [0.5, 0.6) is 0 Å². The second-order valence-corrected chi connectivity index (χ2v) is 8.59. The summed E-state index contributed by atoms with van der Waals surface area (Å²) in [5.41, 5.74) is 0. The van der Waals surface area contributed by atoms with Gasteiger partial charge in [0, 0.05) is 32.4 Å². The number of hydrogen-bond donors (Lipinski definition) is 1. The zero-order valence-electron chi connectivity index (χ0n) is 10.7. The van der Waals surface area contributed by atoms with Gasteiger partial charge in [0.15, 0.2) is 9.84 Å². The summed E-state index contributed by atoms with van der Waals surface area (Å²) >= 11 is 0. The molecule has 8 heteroatoms. The molecule has 1 aromatic carbocycles. The van der Waals surface area contributed by atoms with E-state index in [0.717, 1.165) is 6.26 Å². The predicted octanol–water partition coefficient (Wildman–Crippen LogP) is -0.318. The minimum atomic E-state index is -3.56. The minimum Gasteiger partial charge on any atom is -0.313 e. The molecular weight excluding hydrogens is 288 g/mol. The summed E-state index contributed by atoms with van der Waals surface area (Å²) in [7, 11) is -5.34. The molecule has 2 rings (SSSR count). The van der Waals surface area contributed by atoms with Crippen molar-refractivity contribution in [2.24, 2.45) is 0 Å². The highest BCUT2D eigenvalue weighted by molar-refractivity contribution is 7.90. The van der Waals surface area contributed by atoms with Crippen LogP contribution in [-0.2, 0) is 19.9 Å². The van der Waals surface area contributed by atoms with Gasteiger partial charge in [-0.15, -0.1) is 0 Å². The number of nitrogens with one attached hydrogen (secondary N) is 1. The van der Waals surface area contributed by atoms with Gasteiger partial charge in [0.1, 0.15) is 0 Å². The van der Waals surface area contributed by atoms with E-state index in [9.17, 15) is 16.8 Å². The Morgan fingerprint density at radius 2 is 1.53 bits per heavy atom. The van der Waals surface area contributed by atoms with Crippen LogP contribution in [0.3, 0.4) is 0 Å². The van der Waals surface area contributed by atoms with Crippen LogP contribution < -0.4 is 5.32 Å². The fraction of sp³-hybridized carbons (Fsp3) is 0.455. The highest BCUT2D eigenvalue weighted by Crippen LogP contribution is 2.20. The SMILES string of the molecule is CN(C1CNC1)S(=O)(=O)c1ccc(S(C)(=O)=O)cc1. The van der Waals surface area contributed by atoms with Crippen molar-refractivity contribution in [3.63, 3.8) is 0 Å². The molecule has 0 aliphatic carbocycles. The Morgan fingerprint density at radius 1 is 1.05 bits per heavy atom. The third-order valence-electron chi connectivity index (χ3n) is 3.20. The van der Waals surface area contributed by atoms with E-state index in [2.05, 4.69) is 5.32 Å². The molecule has 1 heterocycles. The number of nitrogens with zero attached hydrogens (tertiary/aromatic N) is 1. The van der Waals surface area contributed by atoms with E-state index in [1.165, 1.54) is 35.6 Å². The average Bonchev–Trinajstić information content (AvgIpc) is 2.25. The summed E-state index contributed by atoms with van der Waals surface area (Å²) in [5, 5.41) is 3.01.